The number of benzene rings is 1. The first kappa shape index (κ1) is 15.2. The van der Waals surface area contributed by atoms with Crippen molar-refractivity contribution >= 4 is 5.91 Å². The van der Waals surface area contributed by atoms with Gasteiger partial charge in [-0.2, -0.15) is 5.10 Å². The molecule has 2 aliphatic rings. The van der Waals surface area contributed by atoms with E-state index in [1.54, 1.807) is 16.9 Å². The summed E-state index contributed by atoms with van der Waals surface area (Å²) in [5.41, 5.74) is 2.71. The monoisotopic (exact) mass is 327 g/mol. The van der Waals surface area contributed by atoms with Gasteiger partial charge in [-0.05, 0) is 42.5 Å². The maximum atomic E-state index is 12.7. The summed E-state index contributed by atoms with van der Waals surface area (Å²) in [7, 11) is 1.86. The Morgan fingerprint density at radius 3 is 3.00 bits per heavy atom. The molecule has 1 aromatic carbocycles. The van der Waals surface area contributed by atoms with E-state index in [0.29, 0.717) is 25.0 Å². The number of rotatable bonds is 4. The molecule has 4 rings (SSSR count). The van der Waals surface area contributed by atoms with Crippen molar-refractivity contribution in [3.05, 3.63) is 47.3 Å². The van der Waals surface area contributed by atoms with Crippen LogP contribution in [0.25, 0.3) is 0 Å². The molecule has 1 aromatic heterocycles. The zero-order valence-corrected chi connectivity index (χ0v) is 13.6. The second-order valence-electron chi connectivity index (χ2n) is 6.70. The molecule has 2 heterocycles. The number of hydrogen-bond acceptors (Lipinski definition) is 4. The Labute approximate surface area is 140 Å². The van der Waals surface area contributed by atoms with Gasteiger partial charge in [-0.1, -0.05) is 0 Å². The smallest absolute Gasteiger partial charge is 0.251 e. The summed E-state index contributed by atoms with van der Waals surface area (Å²) in [6.45, 7) is 0.679. The molecule has 0 radical (unpaired) electrons. The molecule has 1 aliphatic carbocycles. The lowest BCUT2D eigenvalue weighted by molar-refractivity contribution is 0.0235. The lowest BCUT2D eigenvalue weighted by atomic mass is 9.75. The first-order valence-corrected chi connectivity index (χ1v) is 8.33. The third kappa shape index (κ3) is 2.78. The Kier molecular flexibility index (Phi) is 3.76. The zero-order chi connectivity index (χ0) is 16.7. The van der Waals surface area contributed by atoms with Crippen molar-refractivity contribution in [1.82, 2.24) is 15.1 Å². The molecule has 1 fully saturated rings. The molecular weight excluding hydrogens is 306 g/mol. The number of carbonyl (C=O) groups is 1. The number of hydrogen-bond donors (Lipinski definition) is 2. The Bertz CT molecular complexity index is 765. The van der Waals surface area contributed by atoms with Crippen LogP contribution in [0.1, 0.15) is 40.4 Å². The van der Waals surface area contributed by atoms with Crippen molar-refractivity contribution in [2.24, 2.45) is 13.0 Å². The van der Waals surface area contributed by atoms with Crippen LogP contribution in [0.15, 0.2) is 30.6 Å². The largest absolute Gasteiger partial charge is 0.493 e. The summed E-state index contributed by atoms with van der Waals surface area (Å²) in [5, 5.41) is 17.0. The fourth-order valence-corrected chi connectivity index (χ4v) is 3.53. The van der Waals surface area contributed by atoms with Crippen molar-refractivity contribution < 1.29 is 14.6 Å². The van der Waals surface area contributed by atoms with Gasteiger partial charge < -0.3 is 15.2 Å². The van der Waals surface area contributed by atoms with Gasteiger partial charge in [-0.25, -0.2) is 0 Å². The number of nitrogens with one attached hydrogen (secondary N) is 1. The fraction of sp³-hybridized carbons (Fsp3) is 0.444. The lowest BCUT2D eigenvalue weighted by Crippen LogP contribution is -2.41. The van der Waals surface area contributed by atoms with Crippen LogP contribution in [0.3, 0.4) is 0 Å². The molecule has 1 aliphatic heterocycles. The minimum atomic E-state index is -0.261. The highest BCUT2D eigenvalue weighted by molar-refractivity contribution is 5.95. The minimum absolute atomic E-state index is 0.0973. The van der Waals surface area contributed by atoms with Gasteiger partial charge in [0.25, 0.3) is 5.91 Å². The SMILES string of the molecule is Cn1cc([C@H](NC(=O)c2ccc3c(c2)CCO3)C2CC(O)C2)cn1. The van der Waals surface area contributed by atoms with E-state index in [2.05, 4.69) is 10.4 Å². The Morgan fingerprint density at radius 1 is 1.46 bits per heavy atom. The number of aryl methyl sites for hydroxylation is 1. The Balaban J connectivity index is 1.54. The van der Waals surface area contributed by atoms with E-state index in [1.165, 1.54) is 0 Å². The average Bonchev–Trinajstić information content (AvgIpc) is 3.17. The maximum Gasteiger partial charge on any atom is 0.251 e. The molecule has 0 unspecified atom stereocenters. The number of carbonyl (C=O) groups excluding carboxylic acids is 1. The normalized spacial score (nSPS) is 23.1. The van der Waals surface area contributed by atoms with Crippen LogP contribution in [0, 0.1) is 5.92 Å². The van der Waals surface area contributed by atoms with Gasteiger partial charge in [-0.15, -0.1) is 0 Å². The van der Waals surface area contributed by atoms with Crippen LogP contribution in [0.5, 0.6) is 5.75 Å². The summed E-state index contributed by atoms with van der Waals surface area (Å²) in [6.07, 6.45) is 5.70. The molecule has 2 aromatic rings. The molecule has 24 heavy (non-hydrogen) atoms. The topological polar surface area (TPSA) is 76.4 Å². The fourth-order valence-electron chi connectivity index (χ4n) is 3.53. The van der Waals surface area contributed by atoms with Gasteiger partial charge in [0.05, 0.1) is 24.9 Å². The van der Waals surface area contributed by atoms with Gasteiger partial charge in [-0.3, -0.25) is 9.48 Å². The van der Waals surface area contributed by atoms with Crippen LogP contribution < -0.4 is 10.1 Å². The number of ether oxygens (including phenoxy) is 1. The van der Waals surface area contributed by atoms with Crippen molar-refractivity contribution in [3.8, 4) is 5.75 Å². The molecule has 6 nitrogen and oxygen atoms in total. The second-order valence-corrected chi connectivity index (χ2v) is 6.70. The third-order valence-electron chi connectivity index (χ3n) is 4.94. The van der Waals surface area contributed by atoms with Gasteiger partial charge in [0.1, 0.15) is 5.75 Å². The summed E-state index contributed by atoms with van der Waals surface area (Å²) in [4.78, 5) is 12.7. The van der Waals surface area contributed by atoms with E-state index in [9.17, 15) is 9.90 Å². The van der Waals surface area contributed by atoms with Crippen LogP contribution in [-0.4, -0.2) is 33.5 Å². The van der Waals surface area contributed by atoms with Crippen molar-refractivity contribution in [2.45, 2.75) is 31.4 Å². The number of aromatic nitrogens is 2. The maximum absolute atomic E-state index is 12.7. The number of fused-ring (bicyclic) bond motifs is 1. The van der Waals surface area contributed by atoms with Crippen molar-refractivity contribution in [1.29, 1.82) is 0 Å². The summed E-state index contributed by atoms with van der Waals surface area (Å²) >= 11 is 0. The second kappa shape index (κ2) is 5.94. The molecule has 0 bridgehead atoms. The minimum Gasteiger partial charge on any atom is -0.493 e. The number of aliphatic hydroxyl groups is 1. The van der Waals surface area contributed by atoms with Gasteiger partial charge >= 0.3 is 0 Å². The van der Waals surface area contributed by atoms with E-state index in [1.807, 2.05) is 25.4 Å². The highest BCUT2D eigenvalue weighted by Gasteiger charge is 2.36. The molecule has 6 heteroatoms. The summed E-state index contributed by atoms with van der Waals surface area (Å²) in [6, 6.07) is 5.45. The van der Waals surface area contributed by atoms with E-state index in [0.717, 1.165) is 23.3 Å². The van der Waals surface area contributed by atoms with E-state index in [4.69, 9.17) is 4.74 Å². The summed E-state index contributed by atoms with van der Waals surface area (Å²) in [5.74, 6) is 1.02. The number of aliphatic hydroxyl groups excluding tert-OH is 1. The van der Waals surface area contributed by atoms with Gasteiger partial charge in [0.2, 0.25) is 0 Å². The van der Waals surface area contributed by atoms with E-state index < -0.39 is 0 Å². The molecule has 2 N–H and O–H groups in total. The molecule has 0 saturated heterocycles. The number of nitrogens with zero attached hydrogens (tertiary/aromatic N) is 2. The predicted octanol–water partition coefficient (Wildman–Crippen LogP) is 1.60. The lowest BCUT2D eigenvalue weighted by Gasteiger charge is -2.37. The quantitative estimate of drug-likeness (QED) is 0.894. The molecule has 126 valence electrons. The average molecular weight is 327 g/mol. The van der Waals surface area contributed by atoms with Crippen LogP contribution >= 0.6 is 0 Å². The predicted molar refractivity (Wildman–Crippen MR) is 87.8 cm³/mol. The zero-order valence-electron chi connectivity index (χ0n) is 13.6. The molecule has 1 saturated carbocycles. The molecular formula is C18H21N3O3. The van der Waals surface area contributed by atoms with Crippen LogP contribution in [0.4, 0.5) is 0 Å². The highest BCUT2D eigenvalue weighted by atomic mass is 16.5. The van der Waals surface area contributed by atoms with Crippen LogP contribution in [0.2, 0.25) is 0 Å². The summed E-state index contributed by atoms with van der Waals surface area (Å²) < 4.78 is 7.22. The third-order valence-corrected chi connectivity index (χ3v) is 4.94. The Hall–Kier alpha value is -2.34. The molecule has 1 atom stereocenters. The van der Waals surface area contributed by atoms with E-state index in [-0.39, 0.29) is 24.0 Å². The highest BCUT2D eigenvalue weighted by Crippen LogP contribution is 2.38. The molecule has 1 amide bonds. The van der Waals surface area contributed by atoms with Gasteiger partial charge in [0, 0.05) is 30.8 Å². The van der Waals surface area contributed by atoms with Gasteiger partial charge in [0.15, 0.2) is 0 Å². The standard InChI is InChI=1S/C18H21N3O3/c1-21-10-14(9-19-21)17(13-7-15(22)8-13)20-18(23)12-2-3-16-11(6-12)4-5-24-16/h2-3,6,9-10,13,15,17,22H,4-5,7-8H2,1H3,(H,20,23)/t13?,15?,17-/m1/s1. The van der Waals surface area contributed by atoms with E-state index >= 15 is 0 Å². The number of amides is 1. The van der Waals surface area contributed by atoms with Crippen molar-refractivity contribution in [3.63, 3.8) is 0 Å². The Morgan fingerprint density at radius 2 is 2.29 bits per heavy atom. The first-order chi connectivity index (χ1) is 11.6. The first-order valence-electron chi connectivity index (χ1n) is 8.33. The van der Waals surface area contributed by atoms with Crippen molar-refractivity contribution in [2.75, 3.05) is 6.61 Å². The molecule has 0 spiro atoms. The van der Waals surface area contributed by atoms with Crippen LogP contribution in [-0.2, 0) is 13.5 Å².